The molecule has 1 atom stereocenters. The van der Waals surface area contributed by atoms with Gasteiger partial charge in [0, 0.05) is 25.6 Å². The van der Waals surface area contributed by atoms with Crippen molar-refractivity contribution in [1.82, 2.24) is 20.9 Å². The van der Waals surface area contributed by atoms with Gasteiger partial charge < -0.3 is 20.7 Å². The van der Waals surface area contributed by atoms with Crippen LogP contribution in [0.15, 0.2) is 29.3 Å². The van der Waals surface area contributed by atoms with Crippen LogP contribution in [0.4, 0.5) is 0 Å². The number of methoxy groups -OCH3 is 1. The van der Waals surface area contributed by atoms with E-state index in [0.29, 0.717) is 19.0 Å². The van der Waals surface area contributed by atoms with Crippen molar-refractivity contribution in [3.8, 4) is 5.75 Å². The van der Waals surface area contributed by atoms with Crippen LogP contribution in [0.5, 0.6) is 5.75 Å². The zero-order valence-corrected chi connectivity index (χ0v) is 21.2. The summed E-state index contributed by atoms with van der Waals surface area (Å²) in [5.74, 6) is 1.86. The molecule has 1 aliphatic carbocycles. The van der Waals surface area contributed by atoms with E-state index in [1.165, 1.54) is 18.4 Å². The number of nitrogens with zero attached hydrogens (tertiary/aromatic N) is 2. The number of carbonyl (C=O) groups is 1. The van der Waals surface area contributed by atoms with Crippen LogP contribution in [-0.4, -0.2) is 62.6 Å². The lowest BCUT2D eigenvalue weighted by molar-refractivity contribution is -0.121. The van der Waals surface area contributed by atoms with Crippen molar-refractivity contribution in [2.45, 2.75) is 57.5 Å². The van der Waals surface area contributed by atoms with Crippen LogP contribution in [0.1, 0.15) is 57.1 Å². The van der Waals surface area contributed by atoms with E-state index in [0.717, 1.165) is 57.2 Å². The Bertz CT molecular complexity index is 688. The normalized spacial score (nSPS) is 17.5. The van der Waals surface area contributed by atoms with Gasteiger partial charge in [-0.3, -0.25) is 14.7 Å². The van der Waals surface area contributed by atoms with Gasteiger partial charge in [-0.1, -0.05) is 12.1 Å². The third kappa shape index (κ3) is 8.84. The summed E-state index contributed by atoms with van der Waals surface area (Å²) in [5.41, 5.74) is 1.27. The number of rotatable bonds is 11. The molecule has 1 aromatic carbocycles. The van der Waals surface area contributed by atoms with Crippen molar-refractivity contribution in [3.63, 3.8) is 0 Å². The first-order valence-corrected chi connectivity index (χ1v) is 11.4. The summed E-state index contributed by atoms with van der Waals surface area (Å²) >= 11 is 0. The summed E-state index contributed by atoms with van der Waals surface area (Å²) in [7, 11) is 1.70. The van der Waals surface area contributed by atoms with Gasteiger partial charge in [-0.25, -0.2) is 0 Å². The number of likely N-dealkylation sites (tertiary alicyclic amines) is 1. The molecule has 0 bridgehead atoms. The van der Waals surface area contributed by atoms with Crippen molar-refractivity contribution in [1.29, 1.82) is 0 Å². The van der Waals surface area contributed by atoms with Crippen molar-refractivity contribution >= 4 is 35.8 Å². The van der Waals surface area contributed by atoms with Crippen LogP contribution in [0.3, 0.4) is 0 Å². The van der Waals surface area contributed by atoms with Gasteiger partial charge >= 0.3 is 0 Å². The highest BCUT2D eigenvalue weighted by atomic mass is 127. The molecule has 1 heterocycles. The second-order valence-corrected chi connectivity index (χ2v) is 8.12. The van der Waals surface area contributed by atoms with Crippen molar-refractivity contribution in [2.24, 2.45) is 4.99 Å². The Morgan fingerprint density at radius 2 is 1.90 bits per heavy atom. The first-order valence-electron chi connectivity index (χ1n) is 11.4. The van der Waals surface area contributed by atoms with E-state index in [9.17, 15) is 4.79 Å². The van der Waals surface area contributed by atoms with Crippen LogP contribution in [0.25, 0.3) is 0 Å². The lowest BCUT2D eigenvalue weighted by Gasteiger charge is -2.27. The number of hydrogen-bond acceptors (Lipinski definition) is 4. The van der Waals surface area contributed by atoms with Crippen molar-refractivity contribution in [2.75, 3.05) is 39.8 Å². The maximum atomic E-state index is 11.8. The number of nitrogens with one attached hydrogen (secondary N) is 3. The van der Waals surface area contributed by atoms with E-state index in [1.54, 1.807) is 7.11 Å². The fourth-order valence-electron chi connectivity index (χ4n) is 3.81. The molecule has 0 aromatic heterocycles. The number of benzene rings is 1. The quantitative estimate of drug-likeness (QED) is 0.173. The summed E-state index contributed by atoms with van der Waals surface area (Å²) in [6.45, 7) is 6.55. The van der Waals surface area contributed by atoms with E-state index in [-0.39, 0.29) is 35.9 Å². The Morgan fingerprint density at radius 1 is 1.19 bits per heavy atom. The van der Waals surface area contributed by atoms with E-state index >= 15 is 0 Å². The molecule has 3 rings (SSSR count). The van der Waals surface area contributed by atoms with Gasteiger partial charge in [0.2, 0.25) is 5.91 Å². The minimum Gasteiger partial charge on any atom is -0.497 e. The number of aliphatic imine (C=N–C) groups is 1. The Morgan fingerprint density at radius 3 is 2.52 bits per heavy atom. The lowest BCUT2D eigenvalue weighted by atomic mass is 10.1. The monoisotopic (exact) mass is 543 g/mol. The van der Waals surface area contributed by atoms with Gasteiger partial charge in [0.1, 0.15) is 5.75 Å². The maximum Gasteiger partial charge on any atom is 0.220 e. The van der Waals surface area contributed by atoms with Crippen LogP contribution in [0.2, 0.25) is 0 Å². The second kappa shape index (κ2) is 13.8. The largest absolute Gasteiger partial charge is 0.497 e. The van der Waals surface area contributed by atoms with Crippen LogP contribution in [-0.2, 0) is 4.79 Å². The average molecular weight is 543 g/mol. The summed E-state index contributed by atoms with van der Waals surface area (Å²) in [6, 6.07) is 9.05. The molecule has 7 nitrogen and oxygen atoms in total. The summed E-state index contributed by atoms with van der Waals surface area (Å²) in [4.78, 5) is 19.2. The predicted octanol–water partition coefficient (Wildman–Crippen LogP) is 3.06. The molecule has 1 unspecified atom stereocenters. The van der Waals surface area contributed by atoms with E-state index in [4.69, 9.17) is 9.73 Å². The number of hydrogen-bond donors (Lipinski definition) is 3. The minimum atomic E-state index is 0. The first-order chi connectivity index (χ1) is 14.7. The fraction of sp³-hybridized carbons (Fsp3) is 0.652. The Labute approximate surface area is 203 Å². The Kier molecular flexibility index (Phi) is 11.4. The highest BCUT2D eigenvalue weighted by Crippen LogP contribution is 2.27. The molecular formula is C23H38IN5O2. The third-order valence-electron chi connectivity index (χ3n) is 5.66. The highest BCUT2D eigenvalue weighted by Gasteiger charge is 2.24. The maximum absolute atomic E-state index is 11.8. The zero-order valence-electron chi connectivity index (χ0n) is 18.9. The van der Waals surface area contributed by atoms with Gasteiger partial charge in [0.15, 0.2) is 5.96 Å². The summed E-state index contributed by atoms with van der Waals surface area (Å²) < 4.78 is 5.31. The predicted molar refractivity (Wildman–Crippen MR) is 136 cm³/mol. The van der Waals surface area contributed by atoms with Gasteiger partial charge in [0.05, 0.1) is 19.7 Å². The molecule has 1 saturated heterocycles. The second-order valence-electron chi connectivity index (χ2n) is 8.12. The molecule has 1 aromatic rings. The van der Waals surface area contributed by atoms with Gasteiger partial charge in [-0.05, 0) is 69.8 Å². The van der Waals surface area contributed by atoms with Crippen LogP contribution in [0, 0.1) is 0 Å². The first kappa shape index (κ1) is 25.7. The number of guanidine groups is 1. The standard InChI is InChI=1S/C23H37N5O2.HI/c1-3-24-23(25-14-6-7-22(29)27-19-10-11-19)26-17-21(28-15-4-5-16-28)18-8-12-20(30-2)13-9-18;/h8-9,12-13,19,21H,3-7,10-11,14-17H2,1-2H3,(H,27,29)(H2,24,25,26);1H. The van der Waals surface area contributed by atoms with Crippen molar-refractivity contribution in [3.05, 3.63) is 29.8 Å². The molecule has 2 aliphatic rings. The van der Waals surface area contributed by atoms with Gasteiger partial charge in [0.25, 0.3) is 0 Å². The molecule has 1 amide bonds. The molecule has 1 aliphatic heterocycles. The van der Waals surface area contributed by atoms with Gasteiger partial charge in [-0.15, -0.1) is 24.0 Å². The number of amides is 1. The molecular weight excluding hydrogens is 505 g/mol. The number of carbonyl (C=O) groups excluding carboxylic acids is 1. The molecule has 1 saturated carbocycles. The SMILES string of the molecule is CCNC(=NCC(c1ccc(OC)cc1)N1CCCC1)NCCCC(=O)NC1CC1.I. The smallest absolute Gasteiger partial charge is 0.220 e. The number of halogens is 1. The third-order valence-corrected chi connectivity index (χ3v) is 5.66. The molecule has 174 valence electrons. The summed E-state index contributed by atoms with van der Waals surface area (Å²) in [5, 5.41) is 9.75. The number of ether oxygens (including phenoxy) is 1. The van der Waals surface area contributed by atoms with Gasteiger partial charge in [-0.2, -0.15) is 0 Å². The molecule has 0 radical (unpaired) electrons. The van der Waals surface area contributed by atoms with Crippen LogP contribution >= 0.6 is 24.0 Å². The average Bonchev–Trinajstić information content (AvgIpc) is 3.40. The molecule has 8 heteroatoms. The fourth-order valence-corrected chi connectivity index (χ4v) is 3.81. The Balaban J connectivity index is 0.00000341. The van der Waals surface area contributed by atoms with E-state index in [1.807, 2.05) is 12.1 Å². The van der Waals surface area contributed by atoms with Crippen LogP contribution < -0.4 is 20.7 Å². The summed E-state index contributed by atoms with van der Waals surface area (Å²) in [6.07, 6.45) is 6.12. The van der Waals surface area contributed by atoms with E-state index in [2.05, 4.69) is 39.9 Å². The molecule has 31 heavy (non-hydrogen) atoms. The van der Waals surface area contributed by atoms with E-state index < -0.39 is 0 Å². The Hall–Kier alpha value is -1.55. The van der Waals surface area contributed by atoms with Crippen molar-refractivity contribution < 1.29 is 9.53 Å². The minimum absolute atomic E-state index is 0. The lowest BCUT2D eigenvalue weighted by Crippen LogP contribution is -2.39. The highest BCUT2D eigenvalue weighted by molar-refractivity contribution is 14.0. The molecule has 2 fully saturated rings. The zero-order chi connectivity index (χ0) is 21.2. The molecule has 3 N–H and O–H groups in total. The topological polar surface area (TPSA) is 78.0 Å². The molecule has 0 spiro atoms.